The summed E-state index contributed by atoms with van der Waals surface area (Å²) >= 11 is 0. The molecule has 2 rings (SSSR count). The summed E-state index contributed by atoms with van der Waals surface area (Å²) in [6.07, 6.45) is 0.920. The van der Waals surface area contributed by atoms with E-state index in [-0.39, 0.29) is 11.8 Å². The van der Waals surface area contributed by atoms with Crippen LogP contribution < -0.4 is 10.6 Å². The van der Waals surface area contributed by atoms with Crippen molar-refractivity contribution in [3.05, 3.63) is 59.7 Å². The van der Waals surface area contributed by atoms with Crippen molar-refractivity contribution in [3.8, 4) is 0 Å². The molecule has 21 heavy (non-hydrogen) atoms. The predicted molar refractivity (Wildman–Crippen MR) is 84.9 cm³/mol. The van der Waals surface area contributed by atoms with Crippen LogP contribution in [0.15, 0.2) is 48.5 Å². The Balaban J connectivity index is 1.99. The summed E-state index contributed by atoms with van der Waals surface area (Å²) in [5, 5.41) is 5.52. The predicted octanol–water partition coefficient (Wildman–Crippen LogP) is 4.10. The maximum absolute atomic E-state index is 11.9. The number of carbonyl (C=O) groups excluding carboxylic acids is 2. The number of aryl methyl sites for hydroxylation is 1. The molecule has 4 nitrogen and oxygen atoms in total. The highest BCUT2D eigenvalue weighted by Crippen LogP contribution is 2.13. The van der Waals surface area contributed by atoms with Crippen molar-refractivity contribution in [2.75, 3.05) is 10.6 Å². The summed E-state index contributed by atoms with van der Waals surface area (Å²) in [6.45, 7) is 3.58. The lowest BCUT2D eigenvalue weighted by atomic mass is 10.1. The topological polar surface area (TPSA) is 58.2 Å². The molecule has 4 heteroatoms. The number of Topliss-reactive ketones (excluding diaryl/α,β-unsaturated/α-hetero) is 1. The van der Waals surface area contributed by atoms with Crippen LogP contribution in [0.2, 0.25) is 0 Å². The molecule has 2 aromatic rings. The number of urea groups is 1. The first-order valence-electron chi connectivity index (χ1n) is 6.86. The van der Waals surface area contributed by atoms with E-state index in [0.717, 1.165) is 12.1 Å². The molecular formula is C17H18N2O2. The van der Waals surface area contributed by atoms with Crippen LogP contribution in [0.5, 0.6) is 0 Å². The first-order chi connectivity index (χ1) is 10.1. The Morgan fingerprint density at radius 2 is 1.62 bits per heavy atom. The van der Waals surface area contributed by atoms with Gasteiger partial charge in [0, 0.05) is 16.9 Å². The van der Waals surface area contributed by atoms with Crippen molar-refractivity contribution >= 4 is 23.2 Å². The smallest absolute Gasteiger partial charge is 0.308 e. The van der Waals surface area contributed by atoms with Crippen molar-refractivity contribution in [3.63, 3.8) is 0 Å². The van der Waals surface area contributed by atoms with Crippen LogP contribution in [0, 0.1) is 0 Å². The lowest BCUT2D eigenvalue weighted by Crippen LogP contribution is -2.19. The van der Waals surface area contributed by atoms with Crippen LogP contribution in [0.3, 0.4) is 0 Å². The van der Waals surface area contributed by atoms with Crippen molar-refractivity contribution < 1.29 is 9.59 Å². The largest absolute Gasteiger partial charge is 0.323 e. The highest BCUT2D eigenvalue weighted by molar-refractivity contribution is 6.00. The van der Waals surface area contributed by atoms with E-state index < -0.39 is 0 Å². The van der Waals surface area contributed by atoms with Crippen LogP contribution in [0.1, 0.15) is 29.8 Å². The van der Waals surface area contributed by atoms with Gasteiger partial charge in [-0.05, 0) is 55.3 Å². The second-order valence-corrected chi connectivity index (χ2v) is 4.77. The zero-order valence-corrected chi connectivity index (χ0v) is 12.1. The average Bonchev–Trinajstić information content (AvgIpc) is 2.47. The molecule has 0 aliphatic rings. The van der Waals surface area contributed by atoms with Gasteiger partial charge in [0.1, 0.15) is 0 Å². The van der Waals surface area contributed by atoms with E-state index >= 15 is 0 Å². The molecule has 0 aromatic heterocycles. The number of amides is 2. The van der Waals surface area contributed by atoms with E-state index in [4.69, 9.17) is 0 Å². The molecule has 0 spiro atoms. The Morgan fingerprint density at radius 3 is 2.24 bits per heavy atom. The van der Waals surface area contributed by atoms with E-state index in [0.29, 0.717) is 11.3 Å². The molecule has 0 atom stereocenters. The monoisotopic (exact) mass is 282 g/mol. The van der Waals surface area contributed by atoms with Crippen molar-refractivity contribution in [1.82, 2.24) is 0 Å². The number of hydrogen-bond acceptors (Lipinski definition) is 2. The molecule has 0 heterocycles. The summed E-state index contributed by atoms with van der Waals surface area (Å²) in [5.74, 6) is 0.00221. The zero-order valence-electron chi connectivity index (χ0n) is 12.1. The van der Waals surface area contributed by atoms with Gasteiger partial charge in [-0.3, -0.25) is 4.79 Å². The van der Waals surface area contributed by atoms with E-state index in [1.165, 1.54) is 12.5 Å². The second-order valence-electron chi connectivity index (χ2n) is 4.77. The number of hydrogen-bond donors (Lipinski definition) is 2. The third-order valence-electron chi connectivity index (χ3n) is 3.14. The standard InChI is InChI=1S/C17H18N2O2/c1-3-13-5-4-6-16(11-13)19-17(21)18-15-9-7-14(8-10-15)12(2)20/h4-11H,3H2,1-2H3,(H2,18,19,21). The minimum Gasteiger partial charge on any atom is -0.308 e. The molecule has 2 aromatic carbocycles. The number of carbonyl (C=O) groups is 2. The number of ketones is 1. The minimum absolute atomic E-state index is 0.00221. The average molecular weight is 282 g/mol. The van der Waals surface area contributed by atoms with Gasteiger partial charge in [-0.25, -0.2) is 4.79 Å². The third kappa shape index (κ3) is 4.18. The third-order valence-corrected chi connectivity index (χ3v) is 3.14. The first kappa shape index (κ1) is 14.8. The molecule has 0 radical (unpaired) electrons. The van der Waals surface area contributed by atoms with Gasteiger partial charge in [0.05, 0.1) is 0 Å². The van der Waals surface area contributed by atoms with E-state index in [1.54, 1.807) is 24.3 Å². The molecule has 0 aliphatic heterocycles. The fourth-order valence-corrected chi connectivity index (χ4v) is 1.95. The van der Waals surface area contributed by atoms with Crippen LogP contribution in [0.4, 0.5) is 16.2 Å². The summed E-state index contributed by atoms with van der Waals surface area (Å²) in [5.41, 5.74) is 3.19. The van der Waals surface area contributed by atoms with Crippen molar-refractivity contribution in [1.29, 1.82) is 0 Å². The molecule has 0 saturated heterocycles. The fourth-order valence-electron chi connectivity index (χ4n) is 1.95. The van der Waals surface area contributed by atoms with Crippen LogP contribution in [0.25, 0.3) is 0 Å². The van der Waals surface area contributed by atoms with Gasteiger partial charge in [-0.15, -0.1) is 0 Å². The molecule has 2 amide bonds. The summed E-state index contributed by atoms with van der Waals surface area (Å²) < 4.78 is 0. The van der Waals surface area contributed by atoms with Gasteiger partial charge in [-0.2, -0.15) is 0 Å². The summed E-state index contributed by atoms with van der Waals surface area (Å²) in [7, 11) is 0. The normalized spacial score (nSPS) is 10.0. The van der Waals surface area contributed by atoms with Gasteiger partial charge in [0.25, 0.3) is 0 Å². The first-order valence-corrected chi connectivity index (χ1v) is 6.86. The summed E-state index contributed by atoms with van der Waals surface area (Å²) in [4.78, 5) is 23.1. The number of anilines is 2. The number of nitrogens with one attached hydrogen (secondary N) is 2. The molecule has 0 bridgehead atoms. The Labute approximate surface area is 124 Å². The Kier molecular flexibility index (Phi) is 4.72. The quantitative estimate of drug-likeness (QED) is 0.830. The van der Waals surface area contributed by atoms with E-state index in [1.807, 2.05) is 24.3 Å². The van der Waals surface area contributed by atoms with Gasteiger partial charge < -0.3 is 10.6 Å². The lowest BCUT2D eigenvalue weighted by Gasteiger charge is -2.09. The molecule has 0 aliphatic carbocycles. The molecule has 0 unspecified atom stereocenters. The fraction of sp³-hybridized carbons (Fsp3) is 0.176. The Bertz CT molecular complexity index is 648. The van der Waals surface area contributed by atoms with Gasteiger partial charge in [0.15, 0.2) is 5.78 Å². The highest BCUT2D eigenvalue weighted by Gasteiger charge is 2.04. The molecule has 0 saturated carbocycles. The SMILES string of the molecule is CCc1cccc(NC(=O)Nc2ccc(C(C)=O)cc2)c1. The maximum Gasteiger partial charge on any atom is 0.323 e. The highest BCUT2D eigenvalue weighted by atomic mass is 16.2. The van der Waals surface area contributed by atoms with Crippen LogP contribution in [-0.2, 0) is 6.42 Å². The van der Waals surface area contributed by atoms with Gasteiger partial charge >= 0.3 is 6.03 Å². The number of rotatable bonds is 4. The maximum atomic E-state index is 11.9. The van der Waals surface area contributed by atoms with Crippen molar-refractivity contribution in [2.45, 2.75) is 20.3 Å². The van der Waals surface area contributed by atoms with E-state index in [2.05, 4.69) is 17.6 Å². The van der Waals surface area contributed by atoms with Gasteiger partial charge in [0.2, 0.25) is 0 Å². The minimum atomic E-state index is -0.307. The van der Waals surface area contributed by atoms with E-state index in [9.17, 15) is 9.59 Å². The molecule has 108 valence electrons. The van der Waals surface area contributed by atoms with Crippen molar-refractivity contribution in [2.24, 2.45) is 0 Å². The zero-order chi connectivity index (χ0) is 15.2. The number of benzene rings is 2. The molecular weight excluding hydrogens is 264 g/mol. The molecule has 0 fully saturated rings. The lowest BCUT2D eigenvalue weighted by molar-refractivity contribution is 0.101. The van der Waals surface area contributed by atoms with Crippen LogP contribution in [-0.4, -0.2) is 11.8 Å². The van der Waals surface area contributed by atoms with Crippen LogP contribution >= 0.6 is 0 Å². The Morgan fingerprint density at radius 1 is 0.952 bits per heavy atom. The molecule has 2 N–H and O–H groups in total. The van der Waals surface area contributed by atoms with Gasteiger partial charge in [-0.1, -0.05) is 19.1 Å². The second kappa shape index (κ2) is 6.70. The Hall–Kier alpha value is -2.62. The summed E-state index contributed by atoms with van der Waals surface area (Å²) in [6, 6.07) is 14.2.